The van der Waals surface area contributed by atoms with Gasteiger partial charge in [0, 0.05) is 15.0 Å². The first-order chi connectivity index (χ1) is 9.13. The number of benzene rings is 2. The van der Waals surface area contributed by atoms with Crippen LogP contribution in [-0.4, -0.2) is 7.05 Å². The van der Waals surface area contributed by atoms with Crippen LogP contribution in [0.25, 0.3) is 0 Å². The summed E-state index contributed by atoms with van der Waals surface area (Å²) < 4.78 is 2.06. The van der Waals surface area contributed by atoms with Crippen LogP contribution in [0.1, 0.15) is 17.2 Å². The Morgan fingerprint density at radius 2 is 1.74 bits per heavy atom. The normalized spacial score (nSPS) is 12.4. The molecule has 0 aliphatic heterocycles. The van der Waals surface area contributed by atoms with Crippen molar-refractivity contribution in [3.8, 4) is 0 Å². The molecule has 0 saturated heterocycles. The molecule has 0 aromatic heterocycles. The Morgan fingerprint density at radius 3 is 2.42 bits per heavy atom. The minimum absolute atomic E-state index is 0.184. The van der Waals surface area contributed by atoms with Crippen LogP contribution in [0.3, 0.4) is 0 Å². The first-order valence-electron chi connectivity index (χ1n) is 5.98. The van der Waals surface area contributed by atoms with Crippen LogP contribution in [0, 0.1) is 0 Å². The topological polar surface area (TPSA) is 12.0 Å². The number of hydrogen-bond acceptors (Lipinski definition) is 1. The second-order valence-corrected chi connectivity index (χ2v) is 6.37. The fraction of sp³-hybridized carbons (Fsp3) is 0.200. The zero-order valence-electron chi connectivity index (χ0n) is 10.5. The molecule has 0 heterocycles. The van der Waals surface area contributed by atoms with Crippen molar-refractivity contribution in [2.24, 2.45) is 0 Å². The Balaban J connectivity index is 2.31. The smallest absolute Gasteiger partial charge is 0.0595 e. The molecule has 1 N–H and O–H groups in total. The van der Waals surface area contributed by atoms with E-state index in [1.165, 1.54) is 5.56 Å². The quantitative estimate of drug-likeness (QED) is 0.724. The number of hydrogen-bond donors (Lipinski definition) is 1. The molecule has 2 aromatic carbocycles. The number of halogens is 3. The zero-order valence-corrected chi connectivity index (χ0v) is 14.4. The van der Waals surface area contributed by atoms with Crippen LogP contribution in [0.15, 0.2) is 51.4 Å². The summed E-state index contributed by atoms with van der Waals surface area (Å²) in [6, 6.07) is 14.5. The van der Waals surface area contributed by atoms with Crippen molar-refractivity contribution in [1.29, 1.82) is 0 Å². The third kappa shape index (κ3) is 3.60. The summed E-state index contributed by atoms with van der Waals surface area (Å²) in [4.78, 5) is 0. The van der Waals surface area contributed by atoms with Gasteiger partial charge in [0.15, 0.2) is 0 Å². The van der Waals surface area contributed by atoms with E-state index in [0.717, 1.165) is 26.0 Å². The van der Waals surface area contributed by atoms with Gasteiger partial charge in [0.2, 0.25) is 0 Å². The third-order valence-electron chi connectivity index (χ3n) is 3.09. The highest BCUT2D eigenvalue weighted by Crippen LogP contribution is 2.32. The molecule has 2 rings (SSSR count). The van der Waals surface area contributed by atoms with Crippen molar-refractivity contribution < 1.29 is 0 Å². The second kappa shape index (κ2) is 6.89. The van der Waals surface area contributed by atoms with Gasteiger partial charge in [-0.3, -0.25) is 0 Å². The molecular weight excluding hydrogens is 389 g/mol. The SMILES string of the molecule is CNC(Cc1ccccc1Br)c1cccc(Br)c1Cl. The van der Waals surface area contributed by atoms with Crippen molar-refractivity contribution in [3.63, 3.8) is 0 Å². The monoisotopic (exact) mass is 401 g/mol. The Bertz CT molecular complexity index is 572. The Kier molecular flexibility index (Phi) is 5.46. The van der Waals surface area contributed by atoms with Crippen molar-refractivity contribution in [3.05, 3.63) is 67.6 Å². The van der Waals surface area contributed by atoms with Gasteiger partial charge < -0.3 is 5.32 Å². The molecule has 0 radical (unpaired) electrons. The molecule has 1 atom stereocenters. The molecule has 0 saturated carbocycles. The van der Waals surface area contributed by atoms with Crippen molar-refractivity contribution in [1.82, 2.24) is 5.32 Å². The molecular formula is C15H14Br2ClN. The van der Waals surface area contributed by atoms with Gasteiger partial charge in [-0.25, -0.2) is 0 Å². The van der Waals surface area contributed by atoms with E-state index in [9.17, 15) is 0 Å². The highest BCUT2D eigenvalue weighted by Gasteiger charge is 2.16. The van der Waals surface area contributed by atoms with Crippen molar-refractivity contribution in [2.75, 3.05) is 7.05 Å². The lowest BCUT2D eigenvalue weighted by Gasteiger charge is -2.19. The Labute approximate surface area is 135 Å². The number of rotatable bonds is 4. The lowest BCUT2D eigenvalue weighted by atomic mass is 9.99. The predicted octanol–water partition coefficient (Wildman–Crippen LogP) is 5.37. The summed E-state index contributed by atoms with van der Waals surface area (Å²) in [7, 11) is 1.96. The lowest BCUT2D eigenvalue weighted by molar-refractivity contribution is 0.591. The molecule has 1 nitrogen and oxygen atoms in total. The summed E-state index contributed by atoms with van der Waals surface area (Å²) in [6.45, 7) is 0. The van der Waals surface area contributed by atoms with Crippen LogP contribution >= 0.6 is 43.5 Å². The first kappa shape index (κ1) is 15.0. The maximum absolute atomic E-state index is 6.37. The van der Waals surface area contributed by atoms with E-state index in [4.69, 9.17) is 11.6 Å². The van der Waals surface area contributed by atoms with Gasteiger partial charge in [0.1, 0.15) is 0 Å². The zero-order chi connectivity index (χ0) is 13.8. The molecule has 0 aliphatic carbocycles. The fourth-order valence-electron chi connectivity index (χ4n) is 2.04. The Hall–Kier alpha value is -0.350. The van der Waals surface area contributed by atoms with E-state index in [1.54, 1.807) is 0 Å². The first-order valence-corrected chi connectivity index (χ1v) is 7.94. The minimum Gasteiger partial charge on any atom is -0.313 e. The summed E-state index contributed by atoms with van der Waals surface area (Å²) in [6.07, 6.45) is 0.883. The van der Waals surface area contributed by atoms with Gasteiger partial charge in [0.05, 0.1) is 5.02 Å². The van der Waals surface area contributed by atoms with Gasteiger partial charge in [0.25, 0.3) is 0 Å². The van der Waals surface area contributed by atoms with E-state index >= 15 is 0 Å². The summed E-state index contributed by atoms with van der Waals surface area (Å²) in [5.41, 5.74) is 2.37. The minimum atomic E-state index is 0.184. The van der Waals surface area contributed by atoms with E-state index in [2.05, 4.69) is 61.4 Å². The highest BCUT2D eigenvalue weighted by molar-refractivity contribution is 9.10. The largest absolute Gasteiger partial charge is 0.313 e. The van der Waals surface area contributed by atoms with E-state index in [1.807, 2.05) is 25.2 Å². The number of nitrogens with one attached hydrogen (secondary N) is 1. The molecule has 1 unspecified atom stereocenters. The molecule has 19 heavy (non-hydrogen) atoms. The summed E-state index contributed by atoms with van der Waals surface area (Å²) in [5.74, 6) is 0. The maximum Gasteiger partial charge on any atom is 0.0595 e. The second-order valence-electron chi connectivity index (χ2n) is 4.28. The van der Waals surface area contributed by atoms with Gasteiger partial charge >= 0.3 is 0 Å². The predicted molar refractivity (Wildman–Crippen MR) is 88.8 cm³/mol. The van der Waals surface area contributed by atoms with Crippen molar-refractivity contribution in [2.45, 2.75) is 12.5 Å². The molecule has 0 spiro atoms. The molecule has 0 fully saturated rings. The molecule has 4 heteroatoms. The molecule has 2 aromatic rings. The molecule has 0 bridgehead atoms. The Morgan fingerprint density at radius 1 is 1.05 bits per heavy atom. The van der Waals surface area contributed by atoms with Gasteiger partial charge in [-0.2, -0.15) is 0 Å². The molecule has 0 amide bonds. The van der Waals surface area contributed by atoms with Crippen LogP contribution in [0.5, 0.6) is 0 Å². The van der Waals surface area contributed by atoms with Crippen LogP contribution in [0.4, 0.5) is 0 Å². The van der Waals surface area contributed by atoms with Crippen LogP contribution in [0.2, 0.25) is 5.02 Å². The standard InChI is InChI=1S/C15H14Br2ClN/c1-19-14(9-10-5-2-3-7-12(10)16)11-6-4-8-13(17)15(11)18/h2-8,14,19H,9H2,1H3. The van der Waals surface area contributed by atoms with E-state index in [0.29, 0.717) is 0 Å². The van der Waals surface area contributed by atoms with Gasteiger partial charge in [-0.05, 0) is 52.7 Å². The highest BCUT2D eigenvalue weighted by atomic mass is 79.9. The maximum atomic E-state index is 6.37. The van der Waals surface area contributed by atoms with Crippen LogP contribution < -0.4 is 5.32 Å². The van der Waals surface area contributed by atoms with Gasteiger partial charge in [-0.15, -0.1) is 0 Å². The van der Waals surface area contributed by atoms with Crippen molar-refractivity contribution >= 4 is 43.5 Å². The number of likely N-dealkylation sites (N-methyl/N-ethyl adjacent to an activating group) is 1. The molecule has 0 aliphatic rings. The average molecular weight is 404 g/mol. The molecule has 100 valence electrons. The summed E-state index contributed by atoms with van der Waals surface area (Å²) in [5, 5.41) is 4.11. The third-order valence-corrected chi connectivity index (χ3v) is 5.17. The summed E-state index contributed by atoms with van der Waals surface area (Å²) >= 11 is 13.4. The van der Waals surface area contributed by atoms with Crippen LogP contribution in [-0.2, 0) is 6.42 Å². The average Bonchev–Trinajstić information content (AvgIpc) is 2.41. The van der Waals surface area contributed by atoms with E-state index in [-0.39, 0.29) is 6.04 Å². The fourth-order valence-corrected chi connectivity index (χ4v) is 3.13. The van der Waals surface area contributed by atoms with Gasteiger partial charge in [-0.1, -0.05) is 57.9 Å². The lowest BCUT2D eigenvalue weighted by Crippen LogP contribution is -2.19. The van der Waals surface area contributed by atoms with E-state index < -0.39 is 0 Å².